The summed E-state index contributed by atoms with van der Waals surface area (Å²) in [6.07, 6.45) is 4.75. The number of carboxylic acid groups (broad SMARTS) is 1. The maximum Gasteiger partial charge on any atom is 0.307 e. The Bertz CT molecular complexity index is 419. The molecule has 5 heteroatoms. The van der Waals surface area contributed by atoms with Gasteiger partial charge in [-0.1, -0.05) is 32.9 Å². The van der Waals surface area contributed by atoms with E-state index in [1.54, 1.807) is 0 Å². The molecule has 0 heterocycles. The van der Waals surface area contributed by atoms with Crippen molar-refractivity contribution in [1.82, 2.24) is 0 Å². The summed E-state index contributed by atoms with van der Waals surface area (Å²) in [7, 11) is -2.01. The Morgan fingerprint density at radius 2 is 1.60 bits per heavy atom. The highest BCUT2D eigenvalue weighted by Crippen LogP contribution is 2.49. The van der Waals surface area contributed by atoms with E-state index in [2.05, 4.69) is 20.8 Å². The fourth-order valence-corrected chi connectivity index (χ4v) is 6.22. The molecule has 0 aromatic rings. The van der Waals surface area contributed by atoms with Crippen molar-refractivity contribution < 1.29 is 19.1 Å². The zero-order valence-electron chi connectivity index (χ0n) is 12.5. The van der Waals surface area contributed by atoms with E-state index >= 15 is 0 Å². The average molecular weight is 296 g/mol. The fourth-order valence-electron chi connectivity index (χ4n) is 3.73. The summed E-state index contributed by atoms with van der Waals surface area (Å²) in [5.41, 5.74) is 0. The first-order valence-electron chi connectivity index (χ1n) is 7.62. The summed E-state index contributed by atoms with van der Waals surface area (Å²) in [5, 5.41) is 9.39. The Morgan fingerprint density at radius 3 is 2.05 bits per heavy atom. The second-order valence-corrected chi connectivity index (χ2v) is 10.7. The van der Waals surface area contributed by atoms with Crippen molar-refractivity contribution in [3.63, 3.8) is 0 Å². The second kappa shape index (κ2) is 5.72. The normalized spacial score (nSPS) is 31.6. The molecule has 1 saturated carbocycles. The third-order valence-electron chi connectivity index (χ3n) is 5.27. The smallest absolute Gasteiger partial charge is 0.307 e. The van der Waals surface area contributed by atoms with Crippen LogP contribution in [0.1, 0.15) is 27.2 Å². The molecule has 2 rings (SSSR count). The topological polar surface area (TPSA) is 63.6 Å². The van der Waals surface area contributed by atoms with Crippen LogP contribution in [0.4, 0.5) is 0 Å². The van der Waals surface area contributed by atoms with Crippen LogP contribution in [0.15, 0.2) is 12.2 Å². The van der Waals surface area contributed by atoms with E-state index in [-0.39, 0.29) is 17.8 Å². The minimum atomic E-state index is -2.01. The SMILES string of the molecule is CC[Si](CC)(CC)OC(=O)C1C2C=CC(C2)C1C(=O)O. The first-order chi connectivity index (χ1) is 9.48. The van der Waals surface area contributed by atoms with Gasteiger partial charge in [0.1, 0.15) is 0 Å². The molecular weight excluding hydrogens is 272 g/mol. The van der Waals surface area contributed by atoms with Gasteiger partial charge in [0.2, 0.25) is 0 Å². The Balaban J connectivity index is 2.16. The molecular formula is C15H24O4Si. The maximum atomic E-state index is 12.6. The number of allylic oxidation sites excluding steroid dienone is 2. The lowest BCUT2D eigenvalue weighted by atomic mass is 9.83. The van der Waals surface area contributed by atoms with Gasteiger partial charge in [0, 0.05) is 0 Å². The zero-order chi connectivity index (χ0) is 14.9. The summed E-state index contributed by atoms with van der Waals surface area (Å²) in [6, 6.07) is 2.71. The maximum absolute atomic E-state index is 12.6. The molecule has 0 aliphatic heterocycles. The van der Waals surface area contributed by atoms with Crippen molar-refractivity contribution in [3.8, 4) is 0 Å². The summed E-state index contributed by atoms with van der Waals surface area (Å²) >= 11 is 0. The third kappa shape index (κ3) is 2.43. The van der Waals surface area contributed by atoms with Gasteiger partial charge in [-0.25, -0.2) is 0 Å². The van der Waals surface area contributed by atoms with E-state index in [0.29, 0.717) is 0 Å². The van der Waals surface area contributed by atoms with Crippen LogP contribution < -0.4 is 0 Å². The van der Waals surface area contributed by atoms with Crippen LogP contribution in [0.3, 0.4) is 0 Å². The molecule has 1 N–H and O–H groups in total. The van der Waals surface area contributed by atoms with Crippen molar-refractivity contribution in [2.75, 3.05) is 0 Å². The number of carbonyl (C=O) groups excluding carboxylic acids is 1. The number of aliphatic carboxylic acids is 1. The monoisotopic (exact) mass is 296 g/mol. The van der Waals surface area contributed by atoms with Gasteiger partial charge in [-0.05, 0) is 36.4 Å². The van der Waals surface area contributed by atoms with Crippen LogP contribution in [-0.2, 0) is 14.0 Å². The molecule has 4 atom stereocenters. The van der Waals surface area contributed by atoms with Crippen molar-refractivity contribution in [3.05, 3.63) is 12.2 Å². The molecule has 1 fully saturated rings. The molecule has 0 aromatic heterocycles. The lowest BCUT2D eigenvalue weighted by molar-refractivity contribution is -0.153. The zero-order valence-corrected chi connectivity index (χ0v) is 13.5. The Morgan fingerprint density at radius 1 is 1.10 bits per heavy atom. The van der Waals surface area contributed by atoms with E-state index in [4.69, 9.17) is 4.43 Å². The van der Waals surface area contributed by atoms with E-state index in [1.165, 1.54) is 0 Å². The van der Waals surface area contributed by atoms with Crippen molar-refractivity contribution in [2.45, 2.75) is 45.3 Å². The van der Waals surface area contributed by atoms with Crippen LogP contribution >= 0.6 is 0 Å². The van der Waals surface area contributed by atoms with Crippen molar-refractivity contribution >= 4 is 20.3 Å². The Labute approximate surface area is 121 Å². The highest BCUT2D eigenvalue weighted by molar-refractivity contribution is 6.74. The lowest BCUT2D eigenvalue weighted by Gasteiger charge is -2.32. The predicted octanol–water partition coefficient (Wildman–Crippen LogP) is 3.06. The lowest BCUT2D eigenvalue weighted by Crippen LogP contribution is -2.43. The minimum Gasteiger partial charge on any atom is -0.519 e. The van der Waals surface area contributed by atoms with Gasteiger partial charge in [0.25, 0.3) is 14.3 Å². The van der Waals surface area contributed by atoms with Gasteiger partial charge in [0.05, 0.1) is 11.8 Å². The van der Waals surface area contributed by atoms with Crippen LogP contribution in [0, 0.1) is 23.7 Å². The molecule has 0 radical (unpaired) electrons. The van der Waals surface area contributed by atoms with Gasteiger partial charge in [0.15, 0.2) is 0 Å². The molecule has 0 saturated heterocycles. The highest BCUT2D eigenvalue weighted by atomic mass is 28.4. The summed E-state index contributed by atoms with van der Waals surface area (Å²) in [6.45, 7) is 6.21. The quantitative estimate of drug-likeness (QED) is 0.604. The van der Waals surface area contributed by atoms with E-state index in [1.807, 2.05) is 12.2 Å². The molecule has 0 spiro atoms. The van der Waals surface area contributed by atoms with Crippen molar-refractivity contribution in [2.24, 2.45) is 23.7 Å². The minimum absolute atomic E-state index is 0.0102. The number of rotatable bonds is 6. The van der Waals surface area contributed by atoms with E-state index in [0.717, 1.165) is 24.6 Å². The van der Waals surface area contributed by atoms with Crippen LogP contribution in [0.2, 0.25) is 18.1 Å². The number of carboxylic acids is 1. The fraction of sp³-hybridized carbons (Fsp3) is 0.733. The third-order valence-corrected chi connectivity index (χ3v) is 9.77. The molecule has 0 amide bonds. The number of fused-ring (bicyclic) bond motifs is 2. The van der Waals surface area contributed by atoms with Gasteiger partial charge in [-0.15, -0.1) is 0 Å². The summed E-state index contributed by atoms with van der Waals surface area (Å²) in [5.74, 6) is -2.11. The number of hydrogen-bond acceptors (Lipinski definition) is 3. The average Bonchev–Trinajstić information content (AvgIpc) is 3.05. The standard InChI is InChI=1S/C15H24O4Si/c1-4-20(5-2,6-3)19-15(18)13-11-8-7-10(9-11)12(13)14(16)17/h7-8,10-13H,4-6,9H2,1-3H3,(H,16,17). The van der Waals surface area contributed by atoms with Crippen molar-refractivity contribution in [1.29, 1.82) is 0 Å². The molecule has 4 nitrogen and oxygen atoms in total. The molecule has 4 unspecified atom stereocenters. The van der Waals surface area contributed by atoms with Gasteiger partial charge in [-0.2, -0.15) is 0 Å². The van der Waals surface area contributed by atoms with E-state index in [9.17, 15) is 14.7 Å². The molecule has 2 aliphatic rings. The molecule has 0 aromatic carbocycles. The molecule has 112 valence electrons. The Kier molecular flexibility index (Phi) is 4.37. The Hall–Kier alpha value is -1.10. The highest BCUT2D eigenvalue weighted by Gasteiger charge is 2.53. The van der Waals surface area contributed by atoms with Crippen LogP contribution in [0.5, 0.6) is 0 Å². The number of hydrogen-bond donors (Lipinski definition) is 1. The second-order valence-electron chi connectivity index (χ2n) is 6.00. The van der Waals surface area contributed by atoms with Gasteiger partial charge < -0.3 is 9.53 Å². The molecule has 2 bridgehead atoms. The van der Waals surface area contributed by atoms with Crippen LogP contribution in [-0.4, -0.2) is 25.4 Å². The molecule has 2 aliphatic carbocycles. The van der Waals surface area contributed by atoms with Gasteiger partial charge >= 0.3 is 5.97 Å². The first kappa shape index (κ1) is 15.3. The van der Waals surface area contributed by atoms with E-state index < -0.39 is 26.1 Å². The van der Waals surface area contributed by atoms with Gasteiger partial charge in [-0.3, -0.25) is 9.59 Å². The summed E-state index contributed by atoms with van der Waals surface area (Å²) < 4.78 is 5.91. The first-order valence-corrected chi connectivity index (χ1v) is 10.1. The van der Waals surface area contributed by atoms with Crippen LogP contribution in [0.25, 0.3) is 0 Å². The largest absolute Gasteiger partial charge is 0.519 e. The molecule has 20 heavy (non-hydrogen) atoms. The predicted molar refractivity (Wildman–Crippen MR) is 78.6 cm³/mol. The number of carbonyl (C=O) groups is 2. The summed E-state index contributed by atoms with van der Waals surface area (Å²) in [4.78, 5) is 24.0.